The standard InChI is InChI=1S/C11H12FNO2/c1-2-15-11(14)5-3-4-9-6-10(12)8-13-7-9/h3-4,6-8H,2,5H2,1H3. The molecule has 1 aromatic heterocycles. The van der Waals surface area contributed by atoms with Crippen molar-refractivity contribution < 1.29 is 13.9 Å². The summed E-state index contributed by atoms with van der Waals surface area (Å²) in [5.74, 6) is -0.689. The molecule has 1 aromatic rings. The Balaban J connectivity index is 2.48. The average Bonchev–Trinajstić information content (AvgIpc) is 2.18. The predicted octanol–water partition coefficient (Wildman–Crippen LogP) is 2.19. The molecule has 0 fully saturated rings. The molecular formula is C11H12FNO2. The van der Waals surface area contributed by atoms with Crippen LogP contribution < -0.4 is 0 Å². The van der Waals surface area contributed by atoms with Crippen molar-refractivity contribution >= 4 is 12.0 Å². The number of pyridine rings is 1. The maximum atomic E-state index is 12.7. The Bertz CT molecular complexity index is 363. The van der Waals surface area contributed by atoms with E-state index in [1.807, 2.05) is 0 Å². The lowest BCUT2D eigenvalue weighted by atomic mass is 10.2. The Morgan fingerprint density at radius 1 is 1.60 bits per heavy atom. The van der Waals surface area contributed by atoms with Gasteiger partial charge in [0.2, 0.25) is 0 Å². The van der Waals surface area contributed by atoms with Gasteiger partial charge in [-0.25, -0.2) is 4.39 Å². The van der Waals surface area contributed by atoms with Crippen molar-refractivity contribution in [2.24, 2.45) is 0 Å². The molecule has 0 aliphatic heterocycles. The molecule has 0 spiro atoms. The lowest BCUT2D eigenvalue weighted by molar-refractivity contribution is -0.142. The van der Waals surface area contributed by atoms with Crippen LogP contribution in [0, 0.1) is 5.82 Å². The van der Waals surface area contributed by atoms with E-state index in [9.17, 15) is 9.18 Å². The molecule has 0 aromatic carbocycles. The minimum atomic E-state index is -0.395. The van der Waals surface area contributed by atoms with Gasteiger partial charge in [0.25, 0.3) is 0 Å². The summed E-state index contributed by atoms with van der Waals surface area (Å²) >= 11 is 0. The Morgan fingerprint density at radius 3 is 3.07 bits per heavy atom. The Hall–Kier alpha value is -1.71. The Labute approximate surface area is 87.6 Å². The van der Waals surface area contributed by atoms with Crippen LogP contribution in [0.3, 0.4) is 0 Å². The number of hydrogen-bond acceptors (Lipinski definition) is 3. The normalized spacial score (nSPS) is 10.5. The third kappa shape index (κ3) is 4.35. The van der Waals surface area contributed by atoms with E-state index in [-0.39, 0.29) is 12.4 Å². The molecule has 0 bridgehead atoms. The van der Waals surface area contributed by atoms with E-state index in [1.165, 1.54) is 12.3 Å². The van der Waals surface area contributed by atoms with Gasteiger partial charge in [-0.3, -0.25) is 9.78 Å². The number of hydrogen-bond donors (Lipinski definition) is 0. The molecule has 0 atom stereocenters. The van der Waals surface area contributed by atoms with Crippen LogP contribution in [0.5, 0.6) is 0 Å². The van der Waals surface area contributed by atoms with Crippen LogP contribution in [0.1, 0.15) is 18.9 Å². The van der Waals surface area contributed by atoms with Gasteiger partial charge in [0.05, 0.1) is 19.2 Å². The van der Waals surface area contributed by atoms with Crippen LogP contribution >= 0.6 is 0 Å². The zero-order chi connectivity index (χ0) is 11.1. The van der Waals surface area contributed by atoms with E-state index < -0.39 is 5.82 Å². The first-order chi connectivity index (χ1) is 7.22. The van der Waals surface area contributed by atoms with Crippen LogP contribution in [0.4, 0.5) is 4.39 Å². The minimum absolute atomic E-state index is 0.185. The van der Waals surface area contributed by atoms with E-state index in [2.05, 4.69) is 4.98 Å². The molecule has 0 amide bonds. The van der Waals surface area contributed by atoms with E-state index in [1.54, 1.807) is 19.1 Å². The molecule has 0 saturated heterocycles. The molecule has 1 rings (SSSR count). The fourth-order valence-electron chi connectivity index (χ4n) is 1.03. The average molecular weight is 209 g/mol. The Kier molecular flexibility index (Phi) is 4.47. The zero-order valence-corrected chi connectivity index (χ0v) is 8.44. The fraction of sp³-hybridized carbons (Fsp3) is 0.273. The van der Waals surface area contributed by atoms with Gasteiger partial charge in [-0.15, -0.1) is 0 Å². The summed E-state index contributed by atoms with van der Waals surface area (Å²) in [5, 5.41) is 0. The van der Waals surface area contributed by atoms with Crippen molar-refractivity contribution in [2.45, 2.75) is 13.3 Å². The largest absolute Gasteiger partial charge is 0.466 e. The molecule has 0 radical (unpaired) electrons. The van der Waals surface area contributed by atoms with E-state index in [0.717, 1.165) is 6.20 Å². The molecule has 1 heterocycles. The van der Waals surface area contributed by atoms with Gasteiger partial charge in [0.15, 0.2) is 0 Å². The highest BCUT2D eigenvalue weighted by Gasteiger charge is 1.96. The highest BCUT2D eigenvalue weighted by atomic mass is 19.1. The van der Waals surface area contributed by atoms with Crippen LogP contribution in [0.15, 0.2) is 24.5 Å². The molecule has 0 aliphatic rings. The SMILES string of the molecule is CCOC(=O)CC=Cc1cncc(F)c1. The molecule has 0 saturated carbocycles. The van der Waals surface area contributed by atoms with Crippen molar-refractivity contribution in [1.82, 2.24) is 4.98 Å². The van der Waals surface area contributed by atoms with Gasteiger partial charge in [-0.2, -0.15) is 0 Å². The topological polar surface area (TPSA) is 39.2 Å². The third-order valence-corrected chi connectivity index (χ3v) is 1.63. The first kappa shape index (κ1) is 11.4. The number of aromatic nitrogens is 1. The number of halogens is 1. The molecular weight excluding hydrogens is 197 g/mol. The van der Waals surface area contributed by atoms with Gasteiger partial charge in [-0.05, 0) is 18.6 Å². The number of carbonyl (C=O) groups excluding carboxylic acids is 1. The number of esters is 1. The highest BCUT2D eigenvalue weighted by molar-refractivity contribution is 5.72. The van der Waals surface area contributed by atoms with Crippen molar-refractivity contribution in [3.63, 3.8) is 0 Å². The van der Waals surface area contributed by atoms with Crippen LogP contribution in [0.2, 0.25) is 0 Å². The van der Waals surface area contributed by atoms with E-state index in [0.29, 0.717) is 12.2 Å². The molecule has 3 nitrogen and oxygen atoms in total. The van der Waals surface area contributed by atoms with Gasteiger partial charge in [0, 0.05) is 6.20 Å². The van der Waals surface area contributed by atoms with Crippen LogP contribution in [0.25, 0.3) is 6.08 Å². The van der Waals surface area contributed by atoms with Crippen molar-refractivity contribution in [1.29, 1.82) is 0 Å². The summed E-state index contributed by atoms with van der Waals surface area (Å²) in [6, 6.07) is 1.34. The van der Waals surface area contributed by atoms with Crippen LogP contribution in [-0.4, -0.2) is 17.6 Å². The lowest BCUT2D eigenvalue weighted by Crippen LogP contribution is -2.01. The number of carbonyl (C=O) groups is 1. The maximum absolute atomic E-state index is 12.7. The second kappa shape index (κ2) is 5.90. The van der Waals surface area contributed by atoms with E-state index in [4.69, 9.17) is 4.74 Å². The summed E-state index contributed by atoms with van der Waals surface area (Å²) in [7, 11) is 0. The summed E-state index contributed by atoms with van der Waals surface area (Å²) < 4.78 is 17.4. The number of ether oxygens (including phenoxy) is 1. The van der Waals surface area contributed by atoms with Gasteiger partial charge >= 0.3 is 5.97 Å². The van der Waals surface area contributed by atoms with E-state index >= 15 is 0 Å². The summed E-state index contributed by atoms with van der Waals surface area (Å²) in [6.07, 6.45) is 6.08. The second-order valence-electron chi connectivity index (χ2n) is 2.85. The molecule has 15 heavy (non-hydrogen) atoms. The molecule has 0 N–H and O–H groups in total. The molecule has 80 valence electrons. The van der Waals surface area contributed by atoms with Gasteiger partial charge in [-0.1, -0.05) is 12.2 Å². The minimum Gasteiger partial charge on any atom is -0.466 e. The predicted molar refractivity (Wildman–Crippen MR) is 54.5 cm³/mol. The maximum Gasteiger partial charge on any atom is 0.309 e. The monoisotopic (exact) mass is 209 g/mol. The summed E-state index contributed by atoms with van der Waals surface area (Å²) in [6.45, 7) is 2.12. The molecule has 0 aliphatic carbocycles. The Morgan fingerprint density at radius 2 is 2.40 bits per heavy atom. The second-order valence-corrected chi connectivity index (χ2v) is 2.85. The number of rotatable bonds is 4. The molecule has 4 heteroatoms. The van der Waals surface area contributed by atoms with Crippen molar-refractivity contribution in [3.8, 4) is 0 Å². The van der Waals surface area contributed by atoms with Gasteiger partial charge in [0.1, 0.15) is 5.82 Å². The van der Waals surface area contributed by atoms with Crippen molar-refractivity contribution in [3.05, 3.63) is 35.9 Å². The number of nitrogens with zero attached hydrogens (tertiary/aromatic N) is 1. The zero-order valence-electron chi connectivity index (χ0n) is 8.44. The summed E-state index contributed by atoms with van der Waals surface area (Å²) in [4.78, 5) is 14.6. The first-order valence-corrected chi connectivity index (χ1v) is 4.65. The van der Waals surface area contributed by atoms with Gasteiger partial charge < -0.3 is 4.74 Å². The fourth-order valence-corrected chi connectivity index (χ4v) is 1.03. The first-order valence-electron chi connectivity index (χ1n) is 4.65. The lowest BCUT2D eigenvalue weighted by Gasteiger charge is -1.96. The molecule has 0 unspecified atom stereocenters. The summed E-state index contributed by atoms with van der Waals surface area (Å²) in [5.41, 5.74) is 0.624. The quantitative estimate of drug-likeness (QED) is 0.713. The van der Waals surface area contributed by atoms with Crippen molar-refractivity contribution in [2.75, 3.05) is 6.61 Å². The smallest absolute Gasteiger partial charge is 0.309 e. The third-order valence-electron chi connectivity index (χ3n) is 1.63. The van der Waals surface area contributed by atoms with Crippen LogP contribution in [-0.2, 0) is 9.53 Å². The highest BCUT2D eigenvalue weighted by Crippen LogP contribution is 2.03.